The third kappa shape index (κ3) is 4.73. The minimum absolute atomic E-state index is 0.0748. The Bertz CT molecular complexity index is 443. The fourth-order valence-corrected chi connectivity index (χ4v) is 1.64. The molecule has 4 heteroatoms. The zero-order valence-electron chi connectivity index (χ0n) is 11.7. The normalized spacial score (nSPS) is 11.7. The van der Waals surface area contributed by atoms with Gasteiger partial charge in [-0.05, 0) is 32.4 Å². The van der Waals surface area contributed by atoms with Crippen molar-refractivity contribution < 1.29 is 14.3 Å². The molecular weight excluding hydrogens is 242 g/mol. The molecule has 0 bridgehead atoms. The molecule has 104 valence electrons. The molecule has 0 aliphatic heterocycles. The number of carbonyl (C=O) groups excluding carboxylic acids is 2. The van der Waals surface area contributed by atoms with Crippen molar-refractivity contribution >= 4 is 11.7 Å². The Morgan fingerprint density at radius 1 is 1.32 bits per heavy atom. The maximum Gasteiger partial charge on any atom is 0.260 e. The van der Waals surface area contributed by atoms with E-state index in [2.05, 4.69) is 12.2 Å². The molecule has 1 aromatic rings. The summed E-state index contributed by atoms with van der Waals surface area (Å²) in [7, 11) is 0. The van der Waals surface area contributed by atoms with E-state index in [1.807, 2.05) is 0 Å². The lowest BCUT2D eigenvalue weighted by Gasteiger charge is -2.16. The number of ketones is 1. The monoisotopic (exact) mass is 263 g/mol. The van der Waals surface area contributed by atoms with E-state index in [9.17, 15) is 9.59 Å². The Hall–Kier alpha value is -1.84. The van der Waals surface area contributed by atoms with Crippen molar-refractivity contribution in [1.82, 2.24) is 5.32 Å². The molecule has 1 atom stereocenters. The standard InChI is InChI=1S/C15H21NO3/c1-4-5-10-16-15(18)12(3)19-14-9-7-6-8-13(14)11(2)17/h6-9,12H,4-5,10H2,1-3H3,(H,16,18). The first kappa shape index (κ1) is 15.2. The molecule has 1 N–H and O–H groups in total. The summed E-state index contributed by atoms with van der Waals surface area (Å²) in [6.07, 6.45) is 1.36. The Kier molecular flexibility index (Phi) is 6.06. The van der Waals surface area contributed by atoms with Crippen LogP contribution in [0.2, 0.25) is 0 Å². The number of Topliss-reactive ketones (excluding diaryl/α,β-unsaturated/α-hetero) is 1. The largest absolute Gasteiger partial charge is 0.480 e. The van der Waals surface area contributed by atoms with E-state index >= 15 is 0 Å². The van der Waals surface area contributed by atoms with Gasteiger partial charge in [-0.15, -0.1) is 0 Å². The lowest BCUT2D eigenvalue weighted by atomic mass is 10.1. The molecule has 0 heterocycles. The number of hydrogen-bond acceptors (Lipinski definition) is 3. The number of ether oxygens (including phenoxy) is 1. The molecule has 4 nitrogen and oxygen atoms in total. The molecule has 1 unspecified atom stereocenters. The highest BCUT2D eigenvalue weighted by molar-refractivity contribution is 5.96. The summed E-state index contributed by atoms with van der Waals surface area (Å²) >= 11 is 0. The van der Waals surface area contributed by atoms with E-state index in [-0.39, 0.29) is 11.7 Å². The van der Waals surface area contributed by atoms with Crippen molar-refractivity contribution in [3.8, 4) is 5.75 Å². The number of benzene rings is 1. The van der Waals surface area contributed by atoms with Crippen molar-refractivity contribution in [3.63, 3.8) is 0 Å². The average Bonchev–Trinajstić information content (AvgIpc) is 2.39. The van der Waals surface area contributed by atoms with E-state index in [1.165, 1.54) is 6.92 Å². The molecule has 0 spiro atoms. The van der Waals surface area contributed by atoms with Gasteiger partial charge in [-0.1, -0.05) is 25.5 Å². The van der Waals surface area contributed by atoms with Crippen LogP contribution < -0.4 is 10.1 Å². The van der Waals surface area contributed by atoms with Crippen molar-refractivity contribution in [2.24, 2.45) is 0 Å². The molecule has 1 aromatic carbocycles. The van der Waals surface area contributed by atoms with Crippen LogP contribution in [0, 0.1) is 0 Å². The molecule has 1 rings (SSSR count). The fourth-order valence-electron chi connectivity index (χ4n) is 1.64. The summed E-state index contributed by atoms with van der Waals surface area (Å²) in [5.41, 5.74) is 0.496. The van der Waals surface area contributed by atoms with Gasteiger partial charge in [-0.25, -0.2) is 0 Å². The Labute approximate surface area is 114 Å². The molecule has 0 aliphatic carbocycles. The Morgan fingerprint density at radius 2 is 2.00 bits per heavy atom. The summed E-state index contributed by atoms with van der Waals surface area (Å²) in [4.78, 5) is 23.2. The highest BCUT2D eigenvalue weighted by atomic mass is 16.5. The lowest BCUT2D eigenvalue weighted by molar-refractivity contribution is -0.127. The smallest absolute Gasteiger partial charge is 0.260 e. The molecule has 0 aliphatic rings. The topological polar surface area (TPSA) is 55.4 Å². The van der Waals surface area contributed by atoms with Crippen molar-refractivity contribution in [1.29, 1.82) is 0 Å². The van der Waals surface area contributed by atoms with Crippen LogP contribution in [0.1, 0.15) is 44.0 Å². The highest BCUT2D eigenvalue weighted by Gasteiger charge is 2.16. The molecule has 0 saturated carbocycles. The molecule has 19 heavy (non-hydrogen) atoms. The van der Waals surface area contributed by atoms with Crippen molar-refractivity contribution in [2.75, 3.05) is 6.54 Å². The second kappa shape index (κ2) is 7.56. The predicted octanol–water partition coefficient (Wildman–Crippen LogP) is 2.57. The summed E-state index contributed by atoms with van der Waals surface area (Å²) in [6, 6.07) is 6.95. The Morgan fingerprint density at radius 3 is 2.63 bits per heavy atom. The summed E-state index contributed by atoms with van der Waals surface area (Å²) < 4.78 is 5.57. The van der Waals surface area contributed by atoms with Crippen LogP contribution in [0.5, 0.6) is 5.75 Å². The van der Waals surface area contributed by atoms with Crippen molar-refractivity contribution in [2.45, 2.75) is 39.7 Å². The van der Waals surface area contributed by atoms with Crippen LogP contribution in [0.15, 0.2) is 24.3 Å². The lowest BCUT2D eigenvalue weighted by Crippen LogP contribution is -2.37. The number of carbonyl (C=O) groups is 2. The van der Waals surface area contributed by atoms with E-state index < -0.39 is 6.10 Å². The summed E-state index contributed by atoms with van der Waals surface area (Å²) in [5.74, 6) is 0.217. The van der Waals surface area contributed by atoms with Crippen molar-refractivity contribution in [3.05, 3.63) is 29.8 Å². The molecular formula is C15H21NO3. The predicted molar refractivity (Wildman–Crippen MR) is 74.5 cm³/mol. The van der Waals surface area contributed by atoms with Gasteiger partial charge in [0.1, 0.15) is 5.75 Å². The van der Waals surface area contributed by atoms with Gasteiger partial charge in [0.05, 0.1) is 5.56 Å². The number of para-hydroxylation sites is 1. The van der Waals surface area contributed by atoms with Crippen LogP contribution in [0.25, 0.3) is 0 Å². The van der Waals surface area contributed by atoms with Crippen LogP contribution in [-0.4, -0.2) is 24.3 Å². The summed E-state index contributed by atoms with van der Waals surface area (Å²) in [6.45, 7) is 5.87. The molecule has 0 saturated heterocycles. The maximum absolute atomic E-state index is 11.8. The van der Waals surface area contributed by atoms with E-state index in [4.69, 9.17) is 4.74 Å². The van der Waals surface area contributed by atoms with Crippen LogP contribution in [-0.2, 0) is 4.79 Å². The molecule has 0 radical (unpaired) electrons. The number of unbranched alkanes of at least 4 members (excludes halogenated alkanes) is 1. The van der Waals surface area contributed by atoms with E-state index in [1.54, 1.807) is 31.2 Å². The number of nitrogens with one attached hydrogen (secondary N) is 1. The number of hydrogen-bond donors (Lipinski definition) is 1. The van der Waals surface area contributed by atoms with Gasteiger partial charge in [0, 0.05) is 6.54 Å². The minimum Gasteiger partial charge on any atom is -0.480 e. The van der Waals surface area contributed by atoms with Crippen LogP contribution in [0.3, 0.4) is 0 Å². The van der Waals surface area contributed by atoms with E-state index in [0.717, 1.165) is 12.8 Å². The molecule has 0 fully saturated rings. The average molecular weight is 263 g/mol. The summed E-state index contributed by atoms with van der Waals surface area (Å²) in [5, 5.41) is 2.80. The number of amides is 1. The third-order valence-electron chi connectivity index (χ3n) is 2.77. The second-order valence-electron chi connectivity index (χ2n) is 4.46. The third-order valence-corrected chi connectivity index (χ3v) is 2.77. The highest BCUT2D eigenvalue weighted by Crippen LogP contribution is 2.19. The second-order valence-corrected chi connectivity index (χ2v) is 4.46. The molecule has 0 aromatic heterocycles. The van der Waals surface area contributed by atoms with Gasteiger partial charge in [0.15, 0.2) is 11.9 Å². The van der Waals surface area contributed by atoms with Gasteiger partial charge in [0.2, 0.25) is 0 Å². The first-order valence-corrected chi connectivity index (χ1v) is 6.60. The fraction of sp³-hybridized carbons (Fsp3) is 0.467. The number of rotatable bonds is 7. The van der Waals surface area contributed by atoms with Gasteiger partial charge in [-0.3, -0.25) is 9.59 Å². The zero-order chi connectivity index (χ0) is 14.3. The van der Waals surface area contributed by atoms with Gasteiger partial charge in [0.25, 0.3) is 5.91 Å². The Balaban J connectivity index is 2.63. The minimum atomic E-state index is -0.614. The quantitative estimate of drug-likeness (QED) is 0.607. The van der Waals surface area contributed by atoms with Crippen LogP contribution in [0.4, 0.5) is 0 Å². The van der Waals surface area contributed by atoms with Gasteiger partial charge >= 0.3 is 0 Å². The zero-order valence-corrected chi connectivity index (χ0v) is 11.7. The first-order chi connectivity index (χ1) is 9.06. The SMILES string of the molecule is CCCCNC(=O)C(C)Oc1ccccc1C(C)=O. The first-order valence-electron chi connectivity index (χ1n) is 6.60. The van der Waals surface area contributed by atoms with Gasteiger partial charge < -0.3 is 10.1 Å². The maximum atomic E-state index is 11.8. The van der Waals surface area contributed by atoms with Crippen LogP contribution >= 0.6 is 0 Å². The van der Waals surface area contributed by atoms with E-state index in [0.29, 0.717) is 17.9 Å². The van der Waals surface area contributed by atoms with Gasteiger partial charge in [-0.2, -0.15) is 0 Å². The molecule has 1 amide bonds.